The third-order valence-corrected chi connectivity index (χ3v) is 2.95. The minimum Gasteiger partial charge on any atom is -0.396 e. The number of nitrogens with zero attached hydrogens (tertiary/aromatic N) is 1. The van der Waals surface area contributed by atoms with Crippen LogP contribution < -0.4 is 11.1 Å². The zero-order chi connectivity index (χ0) is 16.0. The summed E-state index contributed by atoms with van der Waals surface area (Å²) in [6, 6.07) is 2.78. The number of carbonyl (C=O) groups is 1. The first-order chi connectivity index (χ1) is 9.85. The Morgan fingerprint density at radius 3 is 2.67 bits per heavy atom. The van der Waals surface area contributed by atoms with E-state index in [0.717, 1.165) is 11.0 Å². The topological polar surface area (TPSA) is 78.6 Å². The van der Waals surface area contributed by atoms with Crippen molar-refractivity contribution >= 4 is 17.3 Å². The van der Waals surface area contributed by atoms with E-state index in [0.29, 0.717) is 0 Å². The first-order valence-corrected chi connectivity index (χ1v) is 6.34. The maximum atomic E-state index is 13.0. The number of anilines is 2. The molecule has 1 amide bonds. The average Bonchev–Trinajstić information content (AvgIpc) is 2.41. The number of hydrogen-bond acceptors (Lipinski definition) is 4. The number of nitrogens with one attached hydrogen (secondary N) is 1. The molecule has 0 aliphatic rings. The molecule has 1 aromatic carbocycles. The van der Waals surface area contributed by atoms with Crippen LogP contribution in [0.15, 0.2) is 18.2 Å². The molecule has 0 aliphatic heterocycles. The monoisotopic (exact) mass is 305 g/mol. The molecular formula is C13H18F3N3O2. The number of benzene rings is 1. The molecule has 0 aromatic heterocycles. The number of halogens is 3. The predicted molar refractivity (Wildman–Crippen MR) is 73.6 cm³/mol. The first-order valence-electron chi connectivity index (χ1n) is 6.34. The van der Waals surface area contributed by atoms with Gasteiger partial charge in [0.25, 0.3) is 6.43 Å². The van der Waals surface area contributed by atoms with Crippen molar-refractivity contribution in [3.05, 3.63) is 24.0 Å². The second-order valence-corrected chi connectivity index (χ2v) is 4.51. The van der Waals surface area contributed by atoms with Crippen LogP contribution in [0.1, 0.15) is 6.92 Å². The van der Waals surface area contributed by atoms with Crippen LogP contribution in [0, 0.1) is 5.82 Å². The van der Waals surface area contributed by atoms with Crippen LogP contribution in [0.5, 0.6) is 0 Å². The normalized spacial score (nSPS) is 12.7. The van der Waals surface area contributed by atoms with Crippen molar-refractivity contribution in [1.82, 2.24) is 4.90 Å². The first kappa shape index (κ1) is 17.3. The van der Waals surface area contributed by atoms with Gasteiger partial charge in [-0.3, -0.25) is 9.69 Å². The molecule has 8 heteroatoms. The lowest BCUT2D eigenvalue weighted by atomic mass is 10.2. The molecule has 0 spiro atoms. The van der Waals surface area contributed by atoms with Gasteiger partial charge in [-0.25, -0.2) is 13.2 Å². The highest BCUT2D eigenvalue weighted by Gasteiger charge is 2.23. The molecule has 5 nitrogen and oxygen atoms in total. The minimum atomic E-state index is -2.62. The lowest BCUT2D eigenvalue weighted by molar-refractivity contribution is -0.121. The van der Waals surface area contributed by atoms with E-state index >= 15 is 0 Å². The summed E-state index contributed by atoms with van der Waals surface area (Å²) in [5, 5.41) is 11.3. The van der Waals surface area contributed by atoms with Gasteiger partial charge in [-0.2, -0.15) is 0 Å². The Kier molecular flexibility index (Phi) is 6.44. The van der Waals surface area contributed by atoms with Crippen LogP contribution in [0.2, 0.25) is 0 Å². The van der Waals surface area contributed by atoms with Gasteiger partial charge in [0.15, 0.2) is 0 Å². The van der Waals surface area contributed by atoms with Crippen LogP contribution in [0.3, 0.4) is 0 Å². The van der Waals surface area contributed by atoms with Crippen molar-refractivity contribution in [2.75, 3.05) is 30.7 Å². The Hall–Kier alpha value is -1.80. The van der Waals surface area contributed by atoms with Crippen LogP contribution in [-0.2, 0) is 4.79 Å². The van der Waals surface area contributed by atoms with Gasteiger partial charge in [0.1, 0.15) is 5.82 Å². The van der Waals surface area contributed by atoms with Gasteiger partial charge in [0.2, 0.25) is 5.91 Å². The summed E-state index contributed by atoms with van der Waals surface area (Å²) in [6.07, 6.45) is -2.62. The summed E-state index contributed by atoms with van der Waals surface area (Å²) in [7, 11) is 0. The molecule has 0 saturated heterocycles. The summed E-state index contributed by atoms with van der Waals surface area (Å²) >= 11 is 0. The molecule has 21 heavy (non-hydrogen) atoms. The molecule has 1 aromatic rings. The number of amides is 1. The van der Waals surface area contributed by atoms with Crippen molar-refractivity contribution < 1.29 is 23.1 Å². The highest BCUT2D eigenvalue weighted by Crippen LogP contribution is 2.17. The van der Waals surface area contributed by atoms with E-state index in [4.69, 9.17) is 10.8 Å². The Labute approximate surface area is 120 Å². The number of rotatable bonds is 7. The zero-order valence-electron chi connectivity index (χ0n) is 11.5. The van der Waals surface area contributed by atoms with Crippen LogP contribution in [0.4, 0.5) is 24.5 Å². The third kappa shape index (κ3) is 5.24. The second-order valence-electron chi connectivity index (χ2n) is 4.51. The summed E-state index contributed by atoms with van der Waals surface area (Å²) < 4.78 is 37.9. The van der Waals surface area contributed by atoms with Gasteiger partial charge in [0.05, 0.1) is 24.9 Å². The molecule has 1 rings (SSSR count). The molecule has 0 aliphatic carbocycles. The lowest BCUT2D eigenvalue weighted by Gasteiger charge is -2.27. The minimum absolute atomic E-state index is 0.0511. The van der Waals surface area contributed by atoms with E-state index in [1.54, 1.807) is 0 Å². The third-order valence-electron chi connectivity index (χ3n) is 2.95. The van der Waals surface area contributed by atoms with E-state index in [2.05, 4.69) is 5.32 Å². The van der Waals surface area contributed by atoms with Crippen molar-refractivity contribution in [2.45, 2.75) is 19.4 Å². The summed E-state index contributed by atoms with van der Waals surface area (Å²) in [5.74, 6) is -1.16. The number of carbonyl (C=O) groups excluding carboxylic acids is 1. The number of hydrogen-bond donors (Lipinski definition) is 3. The van der Waals surface area contributed by atoms with Gasteiger partial charge in [-0.1, -0.05) is 0 Å². The Bertz CT molecular complexity index is 486. The molecule has 0 radical (unpaired) electrons. The van der Waals surface area contributed by atoms with Crippen LogP contribution >= 0.6 is 0 Å². The van der Waals surface area contributed by atoms with E-state index < -0.39 is 30.7 Å². The quantitative estimate of drug-likeness (QED) is 0.663. The molecule has 0 heterocycles. The Morgan fingerprint density at radius 2 is 2.14 bits per heavy atom. The second kappa shape index (κ2) is 7.84. The molecule has 4 N–H and O–H groups in total. The van der Waals surface area contributed by atoms with Crippen molar-refractivity contribution in [3.63, 3.8) is 0 Å². The van der Waals surface area contributed by atoms with Gasteiger partial charge in [-0.15, -0.1) is 0 Å². The molecule has 1 atom stereocenters. The molecular weight excluding hydrogens is 287 g/mol. The van der Waals surface area contributed by atoms with Gasteiger partial charge in [-0.05, 0) is 25.1 Å². The van der Waals surface area contributed by atoms with Crippen molar-refractivity contribution in [2.24, 2.45) is 0 Å². The van der Waals surface area contributed by atoms with Gasteiger partial charge < -0.3 is 16.2 Å². The standard InChI is InChI=1S/C13H18F3N3O2/c1-8(19(4-5-20)7-12(15)16)13(21)18-9-2-3-10(14)11(17)6-9/h2-3,6,8,12,20H,4-5,7,17H2,1H3,(H,18,21). The van der Waals surface area contributed by atoms with Crippen LogP contribution in [0.25, 0.3) is 0 Å². The fourth-order valence-electron chi connectivity index (χ4n) is 1.78. The SMILES string of the molecule is CC(C(=O)Nc1ccc(F)c(N)c1)N(CCO)CC(F)F. The van der Waals surface area contributed by atoms with E-state index in [1.165, 1.54) is 19.1 Å². The van der Waals surface area contributed by atoms with Crippen molar-refractivity contribution in [3.8, 4) is 0 Å². The van der Waals surface area contributed by atoms with Gasteiger partial charge in [0, 0.05) is 12.2 Å². The van der Waals surface area contributed by atoms with E-state index in [9.17, 15) is 18.0 Å². The van der Waals surface area contributed by atoms with E-state index in [1.807, 2.05) is 0 Å². The molecule has 1 unspecified atom stereocenters. The number of aliphatic hydroxyl groups excluding tert-OH is 1. The molecule has 0 bridgehead atoms. The van der Waals surface area contributed by atoms with E-state index in [-0.39, 0.29) is 24.5 Å². The number of nitrogen functional groups attached to an aromatic ring is 1. The fourth-order valence-corrected chi connectivity index (χ4v) is 1.78. The van der Waals surface area contributed by atoms with Crippen molar-refractivity contribution in [1.29, 1.82) is 0 Å². The summed E-state index contributed by atoms with van der Waals surface area (Å²) in [5.41, 5.74) is 5.52. The number of nitrogens with two attached hydrogens (primary N) is 1. The maximum absolute atomic E-state index is 13.0. The van der Waals surface area contributed by atoms with Gasteiger partial charge >= 0.3 is 0 Å². The zero-order valence-corrected chi connectivity index (χ0v) is 11.5. The predicted octanol–water partition coefficient (Wildman–Crippen LogP) is 1.29. The fraction of sp³-hybridized carbons (Fsp3) is 0.462. The summed E-state index contributed by atoms with van der Waals surface area (Å²) in [4.78, 5) is 13.2. The van der Waals surface area contributed by atoms with Crippen LogP contribution in [-0.4, -0.2) is 48.1 Å². The lowest BCUT2D eigenvalue weighted by Crippen LogP contribution is -2.45. The Morgan fingerprint density at radius 1 is 1.48 bits per heavy atom. The number of aliphatic hydroxyl groups is 1. The Balaban J connectivity index is 2.73. The molecule has 0 saturated carbocycles. The highest BCUT2D eigenvalue weighted by atomic mass is 19.3. The average molecular weight is 305 g/mol. The summed E-state index contributed by atoms with van der Waals surface area (Å²) in [6.45, 7) is 0.430. The maximum Gasteiger partial charge on any atom is 0.251 e. The smallest absolute Gasteiger partial charge is 0.251 e. The highest BCUT2D eigenvalue weighted by molar-refractivity contribution is 5.94. The number of alkyl halides is 2. The largest absolute Gasteiger partial charge is 0.396 e. The molecule has 0 fully saturated rings. The molecule has 118 valence electrons.